The van der Waals surface area contributed by atoms with E-state index in [1.807, 2.05) is 61.4 Å². The van der Waals surface area contributed by atoms with Gasteiger partial charge < -0.3 is 35.2 Å². The van der Waals surface area contributed by atoms with Crippen LogP contribution >= 0.6 is 11.3 Å². The lowest BCUT2D eigenvalue weighted by molar-refractivity contribution is -0.148. The molecular formula is C51H75N7O9S. The predicted molar refractivity (Wildman–Crippen MR) is 260 cm³/mol. The van der Waals surface area contributed by atoms with E-state index in [1.165, 1.54) is 28.4 Å². The molecule has 1 aliphatic carbocycles. The quantitative estimate of drug-likeness (QED) is 0.0843. The number of carbonyl (C=O) groups is 7. The predicted octanol–water partition coefficient (Wildman–Crippen LogP) is 5.52. The SMILES string of the molecule is COC(CC(=O)N1CCCC1C(OC)C(C)C(=O)NC(Cc1ccccc1)c1nccs1)C(C1CCCCC1)N(C)C(=O)C(NC(=O)C(C)(C)NC(=O)CCCCCN1C(=O)C=CC1=O)C(C)C. The lowest BCUT2D eigenvalue weighted by Gasteiger charge is -2.43. The zero-order chi connectivity index (χ0) is 49.5. The van der Waals surface area contributed by atoms with Crippen LogP contribution in [-0.4, -0.2) is 131 Å². The van der Waals surface area contributed by atoms with Gasteiger partial charge in [-0.3, -0.25) is 38.5 Å². The second kappa shape index (κ2) is 25.6. The summed E-state index contributed by atoms with van der Waals surface area (Å²) >= 11 is 1.49. The average Bonchev–Trinajstić information content (AvgIpc) is 4.11. The van der Waals surface area contributed by atoms with Crippen LogP contribution in [0.25, 0.3) is 0 Å². The summed E-state index contributed by atoms with van der Waals surface area (Å²) in [5, 5.41) is 11.7. The molecule has 0 radical (unpaired) electrons. The monoisotopic (exact) mass is 962 g/mol. The summed E-state index contributed by atoms with van der Waals surface area (Å²) in [6, 6.07) is 7.87. The molecule has 2 aromatic rings. The van der Waals surface area contributed by atoms with E-state index >= 15 is 0 Å². The molecule has 68 heavy (non-hydrogen) atoms. The molecule has 5 rings (SSSR count). The normalized spacial score (nSPS) is 19.3. The van der Waals surface area contributed by atoms with Crippen LogP contribution in [0.1, 0.15) is 128 Å². The Labute approximate surface area is 406 Å². The minimum absolute atomic E-state index is 0.00940. The Morgan fingerprint density at radius 3 is 2.21 bits per heavy atom. The Morgan fingerprint density at radius 1 is 0.897 bits per heavy atom. The van der Waals surface area contributed by atoms with Crippen molar-refractivity contribution in [2.45, 2.75) is 160 Å². The fourth-order valence-corrected chi connectivity index (χ4v) is 10.8. The van der Waals surface area contributed by atoms with Gasteiger partial charge in [-0.15, -0.1) is 11.3 Å². The van der Waals surface area contributed by atoms with Crippen molar-refractivity contribution in [3.8, 4) is 0 Å². The Hall–Kier alpha value is -5.00. The number of thiazole rings is 1. The molecule has 17 heteroatoms. The molecule has 1 aromatic heterocycles. The smallest absolute Gasteiger partial charge is 0.253 e. The number of likely N-dealkylation sites (tertiary alicyclic amines) is 1. The van der Waals surface area contributed by atoms with Crippen molar-refractivity contribution in [2.75, 3.05) is 34.4 Å². The molecule has 7 atom stereocenters. The lowest BCUT2D eigenvalue weighted by Crippen LogP contribution is -2.62. The molecule has 0 spiro atoms. The molecule has 2 aliphatic heterocycles. The van der Waals surface area contributed by atoms with Crippen LogP contribution in [0, 0.1) is 17.8 Å². The highest BCUT2D eigenvalue weighted by atomic mass is 32.1. The number of likely N-dealkylation sites (N-methyl/N-ethyl adjacent to an activating group) is 1. The summed E-state index contributed by atoms with van der Waals surface area (Å²) in [4.78, 5) is 103. The first kappa shape index (κ1) is 53.9. The van der Waals surface area contributed by atoms with Gasteiger partial charge in [0, 0.05) is 64.5 Å². The number of nitrogens with zero attached hydrogens (tertiary/aromatic N) is 4. The highest BCUT2D eigenvalue weighted by Gasteiger charge is 2.44. The maximum atomic E-state index is 14.7. The molecule has 1 aromatic carbocycles. The van der Waals surface area contributed by atoms with Crippen LogP contribution < -0.4 is 16.0 Å². The van der Waals surface area contributed by atoms with Crippen molar-refractivity contribution in [2.24, 2.45) is 17.8 Å². The third kappa shape index (κ3) is 14.3. The van der Waals surface area contributed by atoms with Gasteiger partial charge in [0.05, 0.1) is 42.7 Å². The largest absolute Gasteiger partial charge is 0.379 e. The van der Waals surface area contributed by atoms with Gasteiger partial charge in [0.1, 0.15) is 16.6 Å². The van der Waals surface area contributed by atoms with Crippen molar-refractivity contribution < 1.29 is 43.0 Å². The Kier molecular flexibility index (Phi) is 20.3. The Morgan fingerprint density at radius 2 is 1.59 bits per heavy atom. The minimum atomic E-state index is -1.34. The number of hydrogen-bond acceptors (Lipinski definition) is 11. The number of hydrogen-bond donors (Lipinski definition) is 3. The molecule has 16 nitrogen and oxygen atoms in total. The number of carbonyl (C=O) groups excluding carboxylic acids is 7. The number of amides is 7. The van der Waals surface area contributed by atoms with E-state index < -0.39 is 41.7 Å². The molecular weight excluding hydrogens is 887 g/mol. The second-order valence-electron chi connectivity index (χ2n) is 19.6. The standard InChI is InChI=1S/C51H75N7O9S/c1-33(2)44(54-50(65)51(4,5)55-40(59)24-16-11-17-28-58-41(60)25-26-42(58)61)49(64)56(6)45(36-21-14-10-15-22-36)39(66-7)32-43(62)57-29-18-23-38(57)46(67-8)34(3)47(63)53-37(48-52-27-30-68-48)31-35-19-12-9-13-20-35/h9,12-13,19-20,25-27,30,33-34,36-39,44-46H,10-11,14-18,21-24,28-29,31-32H2,1-8H3,(H,53,63)(H,54,65)(H,55,59). The van der Waals surface area contributed by atoms with E-state index in [-0.39, 0.29) is 78.7 Å². The highest BCUT2D eigenvalue weighted by molar-refractivity contribution is 7.09. The van der Waals surface area contributed by atoms with E-state index in [9.17, 15) is 33.6 Å². The van der Waals surface area contributed by atoms with E-state index in [2.05, 4.69) is 20.9 Å². The van der Waals surface area contributed by atoms with Crippen molar-refractivity contribution in [3.63, 3.8) is 0 Å². The number of imide groups is 1. The van der Waals surface area contributed by atoms with Crippen molar-refractivity contribution in [1.29, 1.82) is 0 Å². The number of methoxy groups -OCH3 is 2. The molecule has 1 saturated carbocycles. The van der Waals surface area contributed by atoms with E-state index in [0.29, 0.717) is 38.6 Å². The van der Waals surface area contributed by atoms with Crippen molar-refractivity contribution in [3.05, 3.63) is 64.6 Å². The third-order valence-corrected chi connectivity index (χ3v) is 14.8. The number of nitrogens with one attached hydrogen (secondary N) is 3. The van der Waals surface area contributed by atoms with E-state index in [0.717, 1.165) is 49.1 Å². The first-order chi connectivity index (χ1) is 32.5. The second-order valence-corrected chi connectivity index (χ2v) is 20.5. The third-order valence-electron chi connectivity index (χ3n) is 13.9. The van der Waals surface area contributed by atoms with Gasteiger partial charge in [-0.1, -0.05) is 76.8 Å². The lowest BCUT2D eigenvalue weighted by atomic mass is 9.80. The molecule has 2 fully saturated rings. The minimum Gasteiger partial charge on any atom is -0.379 e. The van der Waals surface area contributed by atoms with Gasteiger partial charge in [0.25, 0.3) is 11.8 Å². The molecule has 7 unspecified atom stereocenters. The fourth-order valence-electron chi connectivity index (χ4n) is 10.1. The van der Waals surface area contributed by atoms with Crippen molar-refractivity contribution in [1.82, 2.24) is 35.6 Å². The van der Waals surface area contributed by atoms with Gasteiger partial charge >= 0.3 is 0 Å². The first-order valence-electron chi connectivity index (χ1n) is 24.5. The Balaban J connectivity index is 1.23. The number of aromatic nitrogens is 1. The Bertz CT molecular complexity index is 2020. The molecule has 1 saturated heterocycles. The van der Waals surface area contributed by atoms with Gasteiger partial charge in [-0.25, -0.2) is 4.98 Å². The van der Waals surface area contributed by atoms with E-state index in [4.69, 9.17) is 9.47 Å². The molecule has 374 valence electrons. The van der Waals surface area contributed by atoms with Gasteiger partial charge in [-0.2, -0.15) is 0 Å². The summed E-state index contributed by atoms with van der Waals surface area (Å²) in [7, 11) is 4.89. The molecule has 3 heterocycles. The molecule has 3 aliphatic rings. The van der Waals surface area contributed by atoms with Crippen molar-refractivity contribution >= 4 is 52.7 Å². The molecule has 3 N–H and O–H groups in total. The fraction of sp³-hybridized carbons (Fsp3) is 0.647. The van der Waals surface area contributed by atoms with Crippen LogP contribution in [0.3, 0.4) is 0 Å². The zero-order valence-electron chi connectivity index (χ0n) is 41.4. The summed E-state index contributed by atoms with van der Waals surface area (Å²) in [6.07, 6.45) is 11.6. The number of unbranched alkanes of at least 4 members (excludes halogenated alkanes) is 2. The van der Waals surface area contributed by atoms with Crippen LogP contribution in [0.2, 0.25) is 0 Å². The topological polar surface area (TPSA) is 197 Å². The average molecular weight is 962 g/mol. The summed E-state index contributed by atoms with van der Waals surface area (Å²) in [5.74, 6) is -3.00. The maximum Gasteiger partial charge on any atom is 0.253 e. The molecule has 0 bridgehead atoms. The summed E-state index contributed by atoms with van der Waals surface area (Å²) in [6.45, 7) is 9.54. The number of rotatable bonds is 25. The molecule has 7 amide bonds. The number of ether oxygens (including phenoxy) is 2. The van der Waals surface area contributed by atoms with Crippen LogP contribution in [0.5, 0.6) is 0 Å². The summed E-state index contributed by atoms with van der Waals surface area (Å²) in [5.41, 5.74) is -0.269. The maximum absolute atomic E-state index is 14.7. The van der Waals surface area contributed by atoms with Crippen LogP contribution in [0.4, 0.5) is 0 Å². The van der Waals surface area contributed by atoms with Gasteiger partial charge in [-0.05, 0) is 76.2 Å². The van der Waals surface area contributed by atoms with Crippen LogP contribution in [0.15, 0.2) is 54.1 Å². The summed E-state index contributed by atoms with van der Waals surface area (Å²) < 4.78 is 12.3. The van der Waals surface area contributed by atoms with Gasteiger partial charge in [0.2, 0.25) is 29.5 Å². The zero-order valence-corrected chi connectivity index (χ0v) is 42.2. The number of benzene rings is 1. The highest BCUT2D eigenvalue weighted by Crippen LogP contribution is 2.34. The van der Waals surface area contributed by atoms with Gasteiger partial charge in [0.15, 0.2) is 0 Å². The van der Waals surface area contributed by atoms with Crippen LogP contribution in [-0.2, 0) is 49.5 Å². The van der Waals surface area contributed by atoms with E-state index in [1.54, 1.807) is 46.2 Å². The first-order valence-corrected chi connectivity index (χ1v) is 25.4.